The monoisotopic (exact) mass is 252 g/mol. The molecule has 0 aromatic rings. The summed E-state index contributed by atoms with van der Waals surface area (Å²) in [5, 5.41) is 0. The van der Waals surface area contributed by atoms with Crippen molar-refractivity contribution < 1.29 is 18.1 Å². The molecule has 0 radical (unpaired) electrons. The maximum absolute atomic E-state index is 12.0. The van der Waals surface area contributed by atoms with E-state index in [1.54, 1.807) is 0 Å². The van der Waals surface area contributed by atoms with Crippen molar-refractivity contribution in [1.29, 1.82) is 0 Å². The Bertz CT molecular complexity index is 184. The predicted molar refractivity (Wildman–Crippen MR) is 65.6 cm³/mol. The first-order valence-electron chi connectivity index (χ1n) is 6.22. The molecule has 0 heterocycles. The summed E-state index contributed by atoms with van der Waals surface area (Å²) in [6.07, 6.45) is 4.68. The first-order chi connectivity index (χ1) is 7.68. The highest BCUT2D eigenvalue weighted by atomic mass is 31.2. The van der Waals surface area contributed by atoms with Crippen LogP contribution in [-0.4, -0.2) is 19.8 Å². The summed E-state index contributed by atoms with van der Waals surface area (Å²) in [7, 11) is -3.29. The number of unbranched alkanes of at least 4 members (excludes halogenated alkanes) is 2. The topological polar surface area (TPSA) is 44.8 Å². The van der Waals surface area contributed by atoms with E-state index in [9.17, 15) is 4.57 Å². The molecular weight excluding hydrogens is 227 g/mol. The largest absolute Gasteiger partial charge is 0.474 e. The lowest BCUT2D eigenvalue weighted by Gasteiger charge is -2.17. The lowest BCUT2D eigenvalue weighted by Crippen LogP contribution is -2.03. The van der Waals surface area contributed by atoms with Crippen LogP contribution in [0.1, 0.15) is 52.9 Å². The molecule has 0 atom stereocenters. The minimum absolute atomic E-state index is 0.411. The number of rotatable bonds is 11. The van der Waals surface area contributed by atoms with E-state index in [0.29, 0.717) is 19.8 Å². The Morgan fingerprint density at radius 3 is 1.69 bits per heavy atom. The molecule has 0 unspecified atom stereocenters. The second kappa shape index (κ2) is 10.3. The van der Waals surface area contributed by atoms with Crippen molar-refractivity contribution in [1.82, 2.24) is 0 Å². The molecule has 0 saturated heterocycles. The Hall–Kier alpha value is 0.110. The molecule has 5 heteroatoms. The summed E-state index contributed by atoms with van der Waals surface area (Å²) in [4.78, 5) is 0. The summed E-state index contributed by atoms with van der Waals surface area (Å²) in [5.41, 5.74) is 0. The van der Waals surface area contributed by atoms with Gasteiger partial charge in [0.05, 0.1) is 19.8 Å². The highest BCUT2D eigenvalue weighted by Crippen LogP contribution is 2.49. The van der Waals surface area contributed by atoms with Crippen molar-refractivity contribution in [2.45, 2.75) is 52.9 Å². The summed E-state index contributed by atoms with van der Waals surface area (Å²) in [6, 6.07) is 0. The molecule has 0 aromatic carbocycles. The standard InChI is InChI=1S/C11H25O4P/c1-4-7-8-11-15-16(12,13-9-5-2)14-10-6-3/h4-11H2,1-3H3. The van der Waals surface area contributed by atoms with E-state index in [0.717, 1.165) is 32.1 Å². The predicted octanol–water partition coefficient (Wildman–Crippen LogP) is 4.15. The van der Waals surface area contributed by atoms with Gasteiger partial charge in [-0.15, -0.1) is 0 Å². The van der Waals surface area contributed by atoms with Crippen LogP contribution in [0.2, 0.25) is 0 Å². The summed E-state index contributed by atoms with van der Waals surface area (Å²) >= 11 is 0. The number of phosphoric acid groups is 1. The van der Waals surface area contributed by atoms with E-state index >= 15 is 0 Å². The second-order valence-corrected chi connectivity index (χ2v) is 5.32. The fourth-order valence-corrected chi connectivity index (χ4v) is 2.44. The summed E-state index contributed by atoms with van der Waals surface area (Å²) in [6.45, 7) is 7.30. The Morgan fingerprint density at radius 2 is 1.25 bits per heavy atom. The molecule has 0 N–H and O–H groups in total. The van der Waals surface area contributed by atoms with Crippen molar-refractivity contribution in [3.05, 3.63) is 0 Å². The Labute approximate surface area is 99.3 Å². The molecule has 0 aliphatic heterocycles. The third kappa shape index (κ3) is 8.28. The van der Waals surface area contributed by atoms with Crippen molar-refractivity contribution in [3.63, 3.8) is 0 Å². The maximum Gasteiger partial charge on any atom is 0.474 e. The fraction of sp³-hybridized carbons (Fsp3) is 1.00. The molecule has 0 spiro atoms. The highest BCUT2D eigenvalue weighted by Gasteiger charge is 2.25. The first-order valence-corrected chi connectivity index (χ1v) is 7.68. The van der Waals surface area contributed by atoms with Gasteiger partial charge in [0.1, 0.15) is 0 Å². The van der Waals surface area contributed by atoms with Crippen LogP contribution in [-0.2, 0) is 18.1 Å². The minimum Gasteiger partial charge on any atom is -0.287 e. The van der Waals surface area contributed by atoms with Crippen molar-refractivity contribution in [3.8, 4) is 0 Å². The second-order valence-electron chi connectivity index (χ2n) is 3.65. The Balaban J connectivity index is 3.92. The third-order valence-electron chi connectivity index (χ3n) is 1.90. The van der Waals surface area contributed by atoms with Gasteiger partial charge in [0.25, 0.3) is 0 Å². The number of hydrogen-bond acceptors (Lipinski definition) is 4. The van der Waals surface area contributed by atoms with Crippen LogP contribution in [0.4, 0.5) is 0 Å². The van der Waals surface area contributed by atoms with E-state index in [1.165, 1.54) is 0 Å². The van der Waals surface area contributed by atoms with Gasteiger partial charge in [-0.1, -0.05) is 33.6 Å². The Morgan fingerprint density at radius 1 is 0.750 bits per heavy atom. The fourth-order valence-electron chi connectivity index (χ4n) is 1.05. The summed E-state index contributed by atoms with van der Waals surface area (Å²) in [5.74, 6) is 0. The van der Waals surface area contributed by atoms with Crippen LogP contribution in [0.15, 0.2) is 0 Å². The van der Waals surface area contributed by atoms with Crippen LogP contribution >= 0.6 is 7.82 Å². The van der Waals surface area contributed by atoms with Gasteiger partial charge in [0.15, 0.2) is 0 Å². The van der Waals surface area contributed by atoms with Crippen LogP contribution in [0.3, 0.4) is 0 Å². The average Bonchev–Trinajstić information content (AvgIpc) is 2.30. The van der Waals surface area contributed by atoms with E-state index in [4.69, 9.17) is 13.6 Å². The zero-order valence-electron chi connectivity index (χ0n) is 10.7. The van der Waals surface area contributed by atoms with Gasteiger partial charge >= 0.3 is 7.82 Å². The Kier molecular flexibility index (Phi) is 10.3. The van der Waals surface area contributed by atoms with Gasteiger partial charge in [-0.25, -0.2) is 4.57 Å². The lowest BCUT2D eigenvalue weighted by molar-refractivity contribution is 0.112. The molecule has 0 aliphatic rings. The molecule has 4 nitrogen and oxygen atoms in total. The lowest BCUT2D eigenvalue weighted by atomic mass is 10.3. The van der Waals surface area contributed by atoms with Crippen LogP contribution < -0.4 is 0 Å². The van der Waals surface area contributed by atoms with E-state index in [1.807, 2.05) is 13.8 Å². The molecule has 0 saturated carbocycles. The first kappa shape index (κ1) is 16.1. The SMILES string of the molecule is CCCCCOP(=O)(OCCC)OCCC. The van der Waals surface area contributed by atoms with Gasteiger partial charge in [-0.05, 0) is 19.3 Å². The number of hydrogen-bond donors (Lipinski definition) is 0. The van der Waals surface area contributed by atoms with Crippen LogP contribution in [0, 0.1) is 0 Å². The smallest absolute Gasteiger partial charge is 0.287 e. The molecule has 0 fully saturated rings. The van der Waals surface area contributed by atoms with Gasteiger partial charge < -0.3 is 0 Å². The third-order valence-corrected chi connectivity index (χ3v) is 3.40. The van der Waals surface area contributed by atoms with E-state index < -0.39 is 7.82 Å². The molecule has 0 rings (SSSR count). The quantitative estimate of drug-likeness (QED) is 0.409. The maximum atomic E-state index is 12.0. The average molecular weight is 252 g/mol. The van der Waals surface area contributed by atoms with Gasteiger partial charge in [-0.3, -0.25) is 13.6 Å². The van der Waals surface area contributed by atoms with Crippen molar-refractivity contribution >= 4 is 7.82 Å². The molecule has 0 aliphatic carbocycles. The van der Waals surface area contributed by atoms with Gasteiger partial charge in [-0.2, -0.15) is 0 Å². The number of phosphoric ester groups is 1. The molecular formula is C11H25O4P. The van der Waals surface area contributed by atoms with Gasteiger partial charge in [0, 0.05) is 0 Å². The van der Waals surface area contributed by atoms with E-state index in [-0.39, 0.29) is 0 Å². The minimum atomic E-state index is -3.29. The molecule has 16 heavy (non-hydrogen) atoms. The van der Waals surface area contributed by atoms with Crippen molar-refractivity contribution in [2.24, 2.45) is 0 Å². The zero-order chi connectivity index (χ0) is 12.3. The van der Waals surface area contributed by atoms with Crippen LogP contribution in [0.25, 0.3) is 0 Å². The molecule has 0 bridgehead atoms. The van der Waals surface area contributed by atoms with E-state index in [2.05, 4.69) is 6.92 Å². The molecule has 98 valence electrons. The van der Waals surface area contributed by atoms with Crippen LogP contribution in [0.5, 0.6) is 0 Å². The molecule has 0 aromatic heterocycles. The molecule has 0 amide bonds. The van der Waals surface area contributed by atoms with Gasteiger partial charge in [0.2, 0.25) is 0 Å². The zero-order valence-corrected chi connectivity index (χ0v) is 11.6. The normalized spacial score (nSPS) is 11.9. The highest BCUT2D eigenvalue weighted by molar-refractivity contribution is 7.48. The van der Waals surface area contributed by atoms with Crippen molar-refractivity contribution in [2.75, 3.05) is 19.8 Å². The summed E-state index contributed by atoms with van der Waals surface area (Å²) < 4.78 is 27.6.